The van der Waals surface area contributed by atoms with Gasteiger partial charge in [-0.05, 0) is 25.1 Å². The van der Waals surface area contributed by atoms with Crippen LogP contribution in [0.25, 0.3) is 16.7 Å². The van der Waals surface area contributed by atoms with E-state index in [1.807, 2.05) is 31.2 Å². The number of aliphatic hydroxyl groups excluding tert-OH is 1. The predicted molar refractivity (Wildman–Crippen MR) is 99.0 cm³/mol. The summed E-state index contributed by atoms with van der Waals surface area (Å²) in [5, 5.41) is 22.3. The van der Waals surface area contributed by atoms with Crippen molar-refractivity contribution in [3.8, 4) is 5.69 Å². The highest BCUT2D eigenvalue weighted by Crippen LogP contribution is 2.26. The van der Waals surface area contributed by atoms with E-state index < -0.39 is 0 Å². The van der Waals surface area contributed by atoms with Gasteiger partial charge in [-0.2, -0.15) is 10.2 Å². The van der Waals surface area contributed by atoms with Crippen molar-refractivity contribution in [2.75, 3.05) is 11.9 Å². The fourth-order valence-electron chi connectivity index (χ4n) is 2.70. The molecule has 0 aliphatic heterocycles. The van der Waals surface area contributed by atoms with Gasteiger partial charge in [0.25, 0.3) is 0 Å². The number of benzene rings is 1. The first-order valence-corrected chi connectivity index (χ1v) is 8.40. The van der Waals surface area contributed by atoms with Crippen molar-refractivity contribution in [2.45, 2.75) is 13.5 Å². The molecule has 3 aromatic heterocycles. The summed E-state index contributed by atoms with van der Waals surface area (Å²) in [5.41, 5.74) is 2.28. The van der Waals surface area contributed by atoms with Crippen molar-refractivity contribution < 1.29 is 5.11 Å². The van der Waals surface area contributed by atoms with E-state index in [0.717, 1.165) is 16.8 Å². The van der Waals surface area contributed by atoms with Gasteiger partial charge in [-0.3, -0.25) is 4.68 Å². The molecule has 132 valence electrons. The van der Waals surface area contributed by atoms with Crippen LogP contribution in [0.2, 0.25) is 5.02 Å². The monoisotopic (exact) mass is 369 g/mol. The van der Waals surface area contributed by atoms with Gasteiger partial charge in [0.2, 0.25) is 0 Å². The van der Waals surface area contributed by atoms with Gasteiger partial charge in [0, 0.05) is 11.2 Å². The smallest absolute Gasteiger partial charge is 0.168 e. The Morgan fingerprint density at radius 1 is 1.19 bits per heavy atom. The third-order valence-electron chi connectivity index (χ3n) is 3.82. The van der Waals surface area contributed by atoms with Crippen molar-refractivity contribution in [1.29, 1.82) is 0 Å². The van der Waals surface area contributed by atoms with Gasteiger partial charge in [0.15, 0.2) is 5.65 Å². The first-order valence-electron chi connectivity index (χ1n) is 8.03. The number of anilines is 2. The molecule has 4 aromatic rings. The van der Waals surface area contributed by atoms with E-state index in [9.17, 15) is 0 Å². The van der Waals surface area contributed by atoms with E-state index in [2.05, 4.69) is 25.5 Å². The number of rotatable bonds is 5. The van der Waals surface area contributed by atoms with E-state index in [1.54, 1.807) is 28.0 Å². The van der Waals surface area contributed by atoms with Crippen LogP contribution in [-0.4, -0.2) is 41.2 Å². The molecule has 9 heteroatoms. The van der Waals surface area contributed by atoms with Gasteiger partial charge in [0.1, 0.15) is 11.6 Å². The van der Waals surface area contributed by atoms with Gasteiger partial charge in [-0.25, -0.2) is 14.6 Å². The zero-order valence-electron chi connectivity index (χ0n) is 14.0. The molecule has 0 spiro atoms. The second-order valence-electron chi connectivity index (χ2n) is 5.73. The highest BCUT2D eigenvalue weighted by Gasteiger charge is 2.14. The highest BCUT2D eigenvalue weighted by molar-refractivity contribution is 6.30. The van der Waals surface area contributed by atoms with Crippen LogP contribution in [0.4, 0.5) is 11.5 Å². The molecule has 0 radical (unpaired) electrons. The summed E-state index contributed by atoms with van der Waals surface area (Å²) in [6, 6.07) is 7.43. The molecule has 0 bridgehead atoms. The van der Waals surface area contributed by atoms with Gasteiger partial charge in [-0.15, -0.1) is 0 Å². The quantitative estimate of drug-likeness (QED) is 0.561. The second kappa shape index (κ2) is 6.74. The fraction of sp³-hybridized carbons (Fsp3) is 0.176. The van der Waals surface area contributed by atoms with Crippen LogP contribution in [0.15, 0.2) is 42.9 Å². The summed E-state index contributed by atoms with van der Waals surface area (Å²) in [4.78, 5) is 9.02. The number of fused-ring (bicyclic) bond motifs is 1. The number of halogens is 1. The van der Waals surface area contributed by atoms with E-state index in [-0.39, 0.29) is 6.61 Å². The van der Waals surface area contributed by atoms with Crippen LogP contribution in [0.3, 0.4) is 0 Å². The van der Waals surface area contributed by atoms with Gasteiger partial charge in [0.05, 0.1) is 42.3 Å². The standard InChI is InChI=1S/C17H16ClN7O/c1-11-21-16(23-13-8-19-24(10-13)5-6-26)15-9-20-25(17(15)22-11)14-4-2-3-12(18)7-14/h2-4,7-10,26H,5-6H2,1H3,(H,21,22,23). The maximum absolute atomic E-state index is 9.00. The van der Waals surface area contributed by atoms with Crippen molar-refractivity contribution in [3.05, 3.63) is 53.7 Å². The SMILES string of the molecule is Cc1nc(Nc2cnn(CCO)c2)c2cnn(-c3cccc(Cl)c3)c2n1. The zero-order valence-corrected chi connectivity index (χ0v) is 14.7. The van der Waals surface area contributed by atoms with E-state index in [4.69, 9.17) is 16.7 Å². The molecule has 26 heavy (non-hydrogen) atoms. The Morgan fingerprint density at radius 3 is 2.88 bits per heavy atom. The Hall–Kier alpha value is -2.97. The fourth-order valence-corrected chi connectivity index (χ4v) is 2.88. The minimum atomic E-state index is 0.0321. The first-order chi connectivity index (χ1) is 12.6. The molecule has 1 aromatic carbocycles. The van der Waals surface area contributed by atoms with Crippen molar-refractivity contribution in [1.82, 2.24) is 29.5 Å². The van der Waals surface area contributed by atoms with Crippen LogP contribution < -0.4 is 5.32 Å². The second-order valence-corrected chi connectivity index (χ2v) is 6.17. The molecule has 3 heterocycles. The summed E-state index contributed by atoms with van der Waals surface area (Å²) in [6.45, 7) is 2.30. The summed E-state index contributed by atoms with van der Waals surface area (Å²) < 4.78 is 3.39. The summed E-state index contributed by atoms with van der Waals surface area (Å²) in [7, 11) is 0. The average Bonchev–Trinajstić information content (AvgIpc) is 3.22. The lowest BCUT2D eigenvalue weighted by atomic mass is 10.3. The van der Waals surface area contributed by atoms with Crippen LogP contribution in [0.5, 0.6) is 0 Å². The maximum Gasteiger partial charge on any atom is 0.168 e. The number of hydrogen-bond donors (Lipinski definition) is 2. The maximum atomic E-state index is 9.00. The van der Waals surface area contributed by atoms with Gasteiger partial charge >= 0.3 is 0 Å². The largest absolute Gasteiger partial charge is 0.394 e. The lowest BCUT2D eigenvalue weighted by molar-refractivity contribution is 0.269. The first kappa shape index (κ1) is 16.5. The van der Waals surface area contributed by atoms with Crippen LogP contribution >= 0.6 is 11.6 Å². The molecule has 0 saturated heterocycles. The van der Waals surface area contributed by atoms with Crippen molar-refractivity contribution in [2.24, 2.45) is 0 Å². The topological polar surface area (TPSA) is 93.7 Å². The summed E-state index contributed by atoms with van der Waals surface area (Å²) in [5.74, 6) is 1.26. The van der Waals surface area contributed by atoms with Crippen molar-refractivity contribution >= 4 is 34.1 Å². The van der Waals surface area contributed by atoms with E-state index in [0.29, 0.717) is 28.9 Å². The molecular formula is C17H16ClN7O. The van der Waals surface area contributed by atoms with E-state index >= 15 is 0 Å². The number of nitrogens with zero attached hydrogens (tertiary/aromatic N) is 6. The summed E-state index contributed by atoms with van der Waals surface area (Å²) >= 11 is 6.10. The summed E-state index contributed by atoms with van der Waals surface area (Å²) in [6.07, 6.45) is 5.21. The van der Waals surface area contributed by atoms with Crippen molar-refractivity contribution in [3.63, 3.8) is 0 Å². The van der Waals surface area contributed by atoms with Gasteiger partial charge < -0.3 is 10.4 Å². The molecule has 0 aliphatic carbocycles. The average molecular weight is 370 g/mol. The molecule has 4 rings (SSSR count). The van der Waals surface area contributed by atoms with Crippen LogP contribution in [-0.2, 0) is 6.54 Å². The number of nitrogens with one attached hydrogen (secondary N) is 1. The normalized spacial score (nSPS) is 11.2. The molecule has 2 N–H and O–H groups in total. The minimum absolute atomic E-state index is 0.0321. The Bertz CT molecular complexity index is 1070. The third-order valence-corrected chi connectivity index (χ3v) is 4.05. The molecule has 0 atom stereocenters. The third kappa shape index (κ3) is 3.12. The molecule has 0 fully saturated rings. The molecular weight excluding hydrogens is 354 g/mol. The molecule has 0 amide bonds. The zero-order chi connectivity index (χ0) is 18.1. The number of aromatic nitrogens is 6. The van der Waals surface area contributed by atoms with Crippen LogP contribution in [0, 0.1) is 6.92 Å². The number of hydrogen-bond acceptors (Lipinski definition) is 6. The molecule has 0 unspecified atom stereocenters. The number of aryl methyl sites for hydroxylation is 1. The predicted octanol–water partition coefficient (Wildman–Crippen LogP) is 2.71. The number of aliphatic hydroxyl groups is 1. The lowest BCUT2D eigenvalue weighted by Crippen LogP contribution is -2.02. The minimum Gasteiger partial charge on any atom is -0.394 e. The van der Waals surface area contributed by atoms with Gasteiger partial charge in [-0.1, -0.05) is 17.7 Å². The Balaban J connectivity index is 1.76. The Labute approximate surface area is 154 Å². The molecule has 0 saturated carbocycles. The molecule has 0 aliphatic rings. The highest BCUT2D eigenvalue weighted by atomic mass is 35.5. The Kier molecular flexibility index (Phi) is 4.27. The van der Waals surface area contributed by atoms with Crippen LogP contribution in [0.1, 0.15) is 5.82 Å². The molecule has 8 nitrogen and oxygen atoms in total. The Morgan fingerprint density at radius 2 is 2.08 bits per heavy atom. The van der Waals surface area contributed by atoms with E-state index in [1.165, 1.54) is 0 Å². The lowest BCUT2D eigenvalue weighted by Gasteiger charge is -2.07.